The van der Waals surface area contributed by atoms with Crippen molar-refractivity contribution in [2.45, 2.75) is 13.3 Å². The lowest BCUT2D eigenvalue weighted by atomic mass is 10.00. The first-order valence-corrected chi connectivity index (χ1v) is 6.46. The highest BCUT2D eigenvalue weighted by Gasteiger charge is 2.20. The average molecular weight is 292 g/mol. The van der Waals surface area contributed by atoms with E-state index in [1.165, 1.54) is 12.1 Å². The molecule has 0 saturated carbocycles. The van der Waals surface area contributed by atoms with Crippen molar-refractivity contribution in [1.29, 1.82) is 10.8 Å². The third kappa shape index (κ3) is 3.05. The number of halogens is 1. The lowest BCUT2D eigenvalue weighted by Crippen LogP contribution is -2.24. The van der Waals surface area contributed by atoms with Gasteiger partial charge in [-0.15, -0.1) is 0 Å². The number of rotatable bonds is 3. The summed E-state index contributed by atoms with van der Waals surface area (Å²) in [5.41, 5.74) is 1.50. The molecule has 0 saturated heterocycles. The van der Waals surface area contributed by atoms with Crippen molar-refractivity contribution in [1.82, 2.24) is 0 Å². The van der Waals surface area contributed by atoms with E-state index >= 15 is 0 Å². The minimum Gasteiger partial charge on any atom is -0.506 e. The molecule has 104 valence electrons. The van der Waals surface area contributed by atoms with E-state index in [0.29, 0.717) is 23.8 Å². The molecule has 0 atom stereocenters. The van der Waals surface area contributed by atoms with E-state index in [4.69, 9.17) is 27.2 Å². The summed E-state index contributed by atoms with van der Waals surface area (Å²) in [6.07, 6.45) is 1.77. The number of phenolic OH excluding ortho intramolecular Hbond substituents is 1. The van der Waals surface area contributed by atoms with Crippen LogP contribution >= 0.6 is 11.6 Å². The second-order valence-corrected chi connectivity index (χ2v) is 4.62. The predicted octanol–water partition coefficient (Wildman–Crippen LogP) is 3.48. The summed E-state index contributed by atoms with van der Waals surface area (Å²) in [5.74, 6) is 0.425. The van der Waals surface area contributed by atoms with Crippen LogP contribution in [0.25, 0.3) is 0 Å². The number of phenols is 1. The first-order valence-electron chi connectivity index (χ1n) is 6.08. The third-order valence-corrected chi connectivity index (χ3v) is 3.01. The van der Waals surface area contributed by atoms with E-state index in [9.17, 15) is 5.11 Å². The lowest BCUT2D eigenvalue weighted by Gasteiger charge is -2.16. The Hall–Kier alpha value is -2.14. The van der Waals surface area contributed by atoms with E-state index in [2.05, 4.69) is 4.99 Å². The Labute approximate surface area is 121 Å². The standard InChI is InChI=1S/C14H14ClN3O2/c1-2-20-14-7-12(10(16)6-11(14)17)18-8-3-4-13(19)9(15)5-8/h3-5,7,16-17,19H,2,6H2,1H3. The van der Waals surface area contributed by atoms with Crippen LogP contribution < -0.4 is 0 Å². The van der Waals surface area contributed by atoms with E-state index < -0.39 is 0 Å². The Bertz CT molecular complexity index is 635. The Morgan fingerprint density at radius 3 is 2.75 bits per heavy atom. The molecule has 0 aromatic heterocycles. The summed E-state index contributed by atoms with van der Waals surface area (Å²) >= 11 is 5.82. The fourth-order valence-corrected chi connectivity index (χ4v) is 1.92. The molecule has 0 aliphatic heterocycles. The summed E-state index contributed by atoms with van der Waals surface area (Å²) in [6, 6.07) is 4.57. The molecular formula is C14H14ClN3O2. The maximum Gasteiger partial charge on any atom is 0.142 e. The Morgan fingerprint density at radius 2 is 2.10 bits per heavy atom. The number of nitrogens with one attached hydrogen (secondary N) is 2. The minimum atomic E-state index is -0.0123. The largest absolute Gasteiger partial charge is 0.506 e. The molecule has 1 aliphatic rings. The number of ether oxygens (including phenoxy) is 1. The van der Waals surface area contributed by atoms with Crippen molar-refractivity contribution in [3.05, 3.63) is 35.1 Å². The third-order valence-electron chi connectivity index (χ3n) is 2.71. The molecule has 0 amide bonds. The minimum absolute atomic E-state index is 0.0123. The second kappa shape index (κ2) is 5.88. The van der Waals surface area contributed by atoms with E-state index in [0.717, 1.165) is 0 Å². The van der Waals surface area contributed by atoms with Crippen molar-refractivity contribution < 1.29 is 9.84 Å². The van der Waals surface area contributed by atoms with E-state index in [1.54, 1.807) is 12.1 Å². The van der Waals surface area contributed by atoms with E-state index in [-0.39, 0.29) is 28.6 Å². The predicted molar refractivity (Wildman–Crippen MR) is 80.0 cm³/mol. The summed E-state index contributed by atoms with van der Waals surface area (Å²) in [5, 5.41) is 25.2. The molecule has 5 nitrogen and oxygen atoms in total. The van der Waals surface area contributed by atoms with Gasteiger partial charge in [0.25, 0.3) is 0 Å². The van der Waals surface area contributed by atoms with Gasteiger partial charge >= 0.3 is 0 Å². The quantitative estimate of drug-likeness (QED) is 0.796. The second-order valence-electron chi connectivity index (χ2n) is 4.21. The van der Waals surface area contributed by atoms with Gasteiger partial charge in [-0.05, 0) is 25.1 Å². The van der Waals surface area contributed by atoms with Crippen LogP contribution in [0, 0.1) is 10.8 Å². The smallest absolute Gasteiger partial charge is 0.142 e. The van der Waals surface area contributed by atoms with Crippen molar-refractivity contribution in [3.63, 3.8) is 0 Å². The molecule has 3 N–H and O–H groups in total. The zero-order chi connectivity index (χ0) is 14.7. The molecule has 1 aromatic carbocycles. The zero-order valence-electron chi connectivity index (χ0n) is 10.9. The molecule has 0 unspecified atom stereocenters. The number of aromatic hydroxyl groups is 1. The van der Waals surface area contributed by atoms with Crippen LogP contribution in [0.15, 0.2) is 35.0 Å². The van der Waals surface area contributed by atoms with Gasteiger partial charge < -0.3 is 20.7 Å². The highest BCUT2D eigenvalue weighted by molar-refractivity contribution is 6.51. The van der Waals surface area contributed by atoms with Crippen molar-refractivity contribution in [3.8, 4) is 5.75 Å². The zero-order valence-corrected chi connectivity index (χ0v) is 11.7. The van der Waals surface area contributed by atoms with Gasteiger partial charge in [0.05, 0.1) is 34.5 Å². The molecule has 0 fully saturated rings. The molecule has 0 radical (unpaired) electrons. The topological polar surface area (TPSA) is 89.5 Å². The van der Waals surface area contributed by atoms with Gasteiger partial charge in [0.2, 0.25) is 0 Å². The lowest BCUT2D eigenvalue weighted by molar-refractivity contribution is 0.249. The molecule has 0 heterocycles. The SMILES string of the molecule is CCOC1=CC(=Nc2ccc(O)c(Cl)c2)C(=N)CC1=N. The van der Waals surface area contributed by atoms with Gasteiger partial charge in [0, 0.05) is 12.5 Å². The number of nitrogens with zero attached hydrogens (tertiary/aromatic N) is 1. The van der Waals surface area contributed by atoms with Crippen molar-refractivity contribution in [2.75, 3.05) is 6.61 Å². The summed E-state index contributed by atoms with van der Waals surface area (Å²) < 4.78 is 5.35. The van der Waals surface area contributed by atoms with Crippen LogP contribution in [-0.4, -0.2) is 28.8 Å². The van der Waals surface area contributed by atoms with Gasteiger partial charge in [-0.25, -0.2) is 4.99 Å². The highest BCUT2D eigenvalue weighted by Crippen LogP contribution is 2.28. The van der Waals surface area contributed by atoms with E-state index in [1.807, 2.05) is 6.92 Å². The average Bonchev–Trinajstić information content (AvgIpc) is 2.39. The molecule has 2 rings (SSSR count). The normalized spacial score (nSPS) is 17.3. The molecule has 20 heavy (non-hydrogen) atoms. The Balaban J connectivity index is 2.38. The first kappa shape index (κ1) is 14.3. The van der Waals surface area contributed by atoms with Crippen LogP contribution in [0.2, 0.25) is 5.02 Å². The van der Waals surface area contributed by atoms with Crippen molar-refractivity contribution in [2.24, 2.45) is 4.99 Å². The van der Waals surface area contributed by atoms with Gasteiger partial charge in [-0.3, -0.25) is 0 Å². The Morgan fingerprint density at radius 1 is 1.35 bits per heavy atom. The highest BCUT2D eigenvalue weighted by atomic mass is 35.5. The molecule has 0 spiro atoms. The van der Waals surface area contributed by atoms with Crippen LogP contribution in [-0.2, 0) is 4.74 Å². The van der Waals surface area contributed by atoms with Gasteiger partial charge in [0.1, 0.15) is 11.5 Å². The molecule has 6 heteroatoms. The van der Waals surface area contributed by atoms with Gasteiger partial charge in [-0.2, -0.15) is 0 Å². The number of benzene rings is 1. The van der Waals surface area contributed by atoms with Crippen LogP contribution in [0.5, 0.6) is 5.75 Å². The number of allylic oxidation sites excluding steroid dienone is 2. The number of aliphatic imine (C=N–C) groups is 1. The van der Waals surface area contributed by atoms with Gasteiger partial charge in [0.15, 0.2) is 0 Å². The molecule has 1 aliphatic carbocycles. The van der Waals surface area contributed by atoms with Crippen molar-refractivity contribution >= 4 is 34.4 Å². The number of hydrogen-bond donors (Lipinski definition) is 3. The van der Waals surface area contributed by atoms with Crippen LogP contribution in [0.4, 0.5) is 5.69 Å². The molecule has 1 aromatic rings. The van der Waals surface area contributed by atoms with Crippen LogP contribution in [0.1, 0.15) is 13.3 Å². The summed E-state index contributed by atoms with van der Waals surface area (Å²) in [7, 11) is 0. The summed E-state index contributed by atoms with van der Waals surface area (Å²) in [4.78, 5) is 4.31. The molecule has 0 bridgehead atoms. The fraction of sp³-hybridized carbons (Fsp3) is 0.214. The molecular weight excluding hydrogens is 278 g/mol. The van der Waals surface area contributed by atoms with Gasteiger partial charge in [-0.1, -0.05) is 11.6 Å². The fourth-order valence-electron chi connectivity index (χ4n) is 1.74. The maximum atomic E-state index is 9.37. The monoisotopic (exact) mass is 291 g/mol. The summed E-state index contributed by atoms with van der Waals surface area (Å²) in [6.45, 7) is 2.30. The number of hydrogen-bond acceptors (Lipinski definition) is 5. The Kier molecular flexibility index (Phi) is 4.20. The first-order chi connectivity index (χ1) is 9.51. The van der Waals surface area contributed by atoms with Crippen LogP contribution in [0.3, 0.4) is 0 Å². The maximum absolute atomic E-state index is 9.37.